The molecule has 0 radical (unpaired) electrons. The zero-order valence-electron chi connectivity index (χ0n) is 13.1. The molecule has 2 aromatic heterocycles. The molecule has 130 valence electrons. The monoisotopic (exact) mass is 442 g/mol. The van der Waals surface area contributed by atoms with Crippen molar-refractivity contribution in [1.82, 2.24) is 24.5 Å². The first-order chi connectivity index (χ1) is 11.9. The summed E-state index contributed by atoms with van der Waals surface area (Å²) in [6.45, 7) is 2.35. The van der Waals surface area contributed by atoms with Crippen molar-refractivity contribution in [2.24, 2.45) is 0 Å². The summed E-state index contributed by atoms with van der Waals surface area (Å²) in [7, 11) is 0. The molecule has 0 spiro atoms. The molecule has 0 saturated carbocycles. The van der Waals surface area contributed by atoms with Crippen LogP contribution in [0.2, 0.25) is 10.0 Å². The fraction of sp³-hybridized carbons (Fsp3) is 0.200. The van der Waals surface area contributed by atoms with Crippen molar-refractivity contribution in [2.75, 3.05) is 5.32 Å². The summed E-state index contributed by atoms with van der Waals surface area (Å²) in [6.07, 6.45) is 3.26. The van der Waals surface area contributed by atoms with Gasteiger partial charge in [-0.1, -0.05) is 29.3 Å². The number of halogens is 3. The molecule has 0 saturated heterocycles. The molecule has 0 fully saturated rings. The van der Waals surface area contributed by atoms with Crippen LogP contribution in [0.15, 0.2) is 35.2 Å². The van der Waals surface area contributed by atoms with Crippen LogP contribution in [0.4, 0.5) is 5.95 Å². The van der Waals surface area contributed by atoms with Crippen LogP contribution in [-0.2, 0) is 17.9 Å². The molecule has 0 aliphatic heterocycles. The van der Waals surface area contributed by atoms with Gasteiger partial charge in [0.05, 0.1) is 16.7 Å². The Morgan fingerprint density at radius 3 is 2.76 bits per heavy atom. The highest BCUT2D eigenvalue weighted by Crippen LogP contribution is 2.21. The molecule has 2 heterocycles. The number of nitrogens with zero attached hydrogens (tertiary/aromatic N) is 5. The van der Waals surface area contributed by atoms with Gasteiger partial charge in [0.15, 0.2) is 0 Å². The molecule has 1 aromatic carbocycles. The Labute approximate surface area is 162 Å². The van der Waals surface area contributed by atoms with Gasteiger partial charge in [0.1, 0.15) is 12.9 Å². The Balaban J connectivity index is 1.62. The zero-order chi connectivity index (χ0) is 18.0. The first-order valence-electron chi connectivity index (χ1n) is 7.23. The normalized spacial score (nSPS) is 10.9. The number of amides is 1. The van der Waals surface area contributed by atoms with E-state index in [2.05, 4.69) is 36.4 Å². The summed E-state index contributed by atoms with van der Waals surface area (Å²) in [5.74, 6) is -0.0460. The Kier molecular flexibility index (Phi) is 5.41. The molecule has 0 unspecified atom stereocenters. The number of hydrogen-bond donors (Lipinski definition) is 1. The van der Waals surface area contributed by atoms with E-state index in [9.17, 15) is 4.79 Å². The number of aromatic nitrogens is 5. The van der Waals surface area contributed by atoms with E-state index in [-0.39, 0.29) is 18.4 Å². The van der Waals surface area contributed by atoms with Gasteiger partial charge in [-0.2, -0.15) is 5.10 Å². The molecule has 1 amide bonds. The van der Waals surface area contributed by atoms with Crippen LogP contribution in [0.5, 0.6) is 0 Å². The Bertz CT molecular complexity index is 903. The van der Waals surface area contributed by atoms with Gasteiger partial charge in [0.25, 0.3) is 0 Å². The molecule has 25 heavy (non-hydrogen) atoms. The van der Waals surface area contributed by atoms with Crippen LogP contribution in [0.25, 0.3) is 0 Å². The molecule has 10 heteroatoms. The van der Waals surface area contributed by atoms with Crippen molar-refractivity contribution in [3.05, 3.63) is 56.5 Å². The number of anilines is 1. The van der Waals surface area contributed by atoms with Crippen molar-refractivity contribution in [1.29, 1.82) is 0 Å². The molecule has 3 aromatic rings. The highest BCUT2D eigenvalue weighted by Gasteiger charge is 2.10. The number of nitrogens with one attached hydrogen (secondary N) is 1. The summed E-state index contributed by atoms with van der Waals surface area (Å²) in [5, 5.41) is 12.2. The Morgan fingerprint density at radius 2 is 2.08 bits per heavy atom. The zero-order valence-corrected chi connectivity index (χ0v) is 16.2. The van der Waals surface area contributed by atoms with Gasteiger partial charge in [-0.25, -0.2) is 9.67 Å². The number of carbonyl (C=O) groups is 1. The lowest BCUT2D eigenvalue weighted by molar-refractivity contribution is -0.116. The van der Waals surface area contributed by atoms with Crippen LogP contribution in [0, 0.1) is 6.92 Å². The third-order valence-electron chi connectivity index (χ3n) is 3.33. The SMILES string of the molecule is Cc1nn(CC(=O)Nc2ncn(Cc3ccc(Cl)cc3Cl)n2)cc1Br. The topological polar surface area (TPSA) is 77.6 Å². The van der Waals surface area contributed by atoms with Gasteiger partial charge in [0, 0.05) is 16.2 Å². The molecular weight excluding hydrogens is 431 g/mol. The number of carbonyl (C=O) groups excluding carboxylic acids is 1. The van der Waals surface area contributed by atoms with Crippen LogP contribution in [0.3, 0.4) is 0 Å². The van der Waals surface area contributed by atoms with Gasteiger partial charge in [-0.3, -0.25) is 14.8 Å². The summed E-state index contributed by atoms with van der Waals surface area (Å²) in [4.78, 5) is 16.1. The minimum absolute atomic E-state index is 0.0734. The lowest BCUT2D eigenvalue weighted by Gasteiger charge is -2.04. The largest absolute Gasteiger partial charge is 0.292 e. The summed E-state index contributed by atoms with van der Waals surface area (Å²) in [5.41, 5.74) is 1.67. The standard InChI is InChI=1S/C15H13BrCl2N6O/c1-9-12(16)6-23(21-9)7-14(25)20-15-19-8-24(22-15)5-10-2-3-11(17)4-13(10)18/h2-4,6,8H,5,7H2,1H3,(H,20,22,25). The Morgan fingerprint density at radius 1 is 1.28 bits per heavy atom. The number of hydrogen-bond acceptors (Lipinski definition) is 4. The first-order valence-corrected chi connectivity index (χ1v) is 8.78. The van der Waals surface area contributed by atoms with Crippen molar-refractivity contribution < 1.29 is 4.79 Å². The molecule has 0 bridgehead atoms. The average molecular weight is 444 g/mol. The molecule has 7 nitrogen and oxygen atoms in total. The molecule has 0 atom stereocenters. The van der Waals surface area contributed by atoms with Gasteiger partial charge in [-0.15, -0.1) is 5.10 Å². The highest BCUT2D eigenvalue weighted by atomic mass is 79.9. The van der Waals surface area contributed by atoms with Gasteiger partial charge < -0.3 is 0 Å². The van der Waals surface area contributed by atoms with Crippen molar-refractivity contribution in [3.63, 3.8) is 0 Å². The minimum atomic E-state index is -0.266. The third kappa shape index (κ3) is 4.59. The average Bonchev–Trinajstić information content (AvgIpc) is 3.09. The van der Waals surface area contributed by atoms with Crippen LogP contribution < -0.4 is 5.32 Å². The minimum Gasteiger partial charge on any atom is -0.292 e. The van der Waals surface area contributed by atoms with Crippen LogP contribution in [-0.4, -0.2) is 30.5 Å². The van der Waals surface area contributed by atoms with E-state index in [1.165, 1.54) is 6.33 Å². The van der Waals surface area contributed by atoms with Gasteiger partial charge >= 0.3 is 0 Å². The van der Waals surface area contributed by atoms with Gasteiger partial charge in [0.2, 0.25) is 11.9 Å². The molecule has 0 aliphatic carbocycles. The maximum atomic E-state index is 12.0. The summed E-state index contributed by atoms with van der Waals surface area (Å²) in [6, 6.07) is 5.25. The van der Waals surface area contributed by atoms with E-state index in [0.717, 1.165) is 15.7 Å². The highest BCUT2D eigenvalue weighted by molar-refractivity contribution is 9.10. The second kappa shape index (κ2) is 7.55. The first kappa shape index (κ1) is 17.9. The van der Waals surface area contributed by atoms with E-state index in [1.54, 1.807) is 27.7 Å². The van der Waals surface area contributed by atoms with Crippen molar-refractivity contribution >= 4 is 51.0 Å². The second-order valence-electron chi connectivity index (χ2n) is 5.31. The summed E-state index contributed by atoms with van der Waals surface area (Å²) < 4.78 is 3.97. The number of rotatable bonds is 5. The van der Waals surface area contributed by atoms with Crippen LogP contribution >= 0.6 is 39.1 Å². The van der Waals surface area contributed by atoms with E-state index < -0.39 is 0 Å². The van der Waals surface area contributed by atoms with E-state index in [4.69, 9.17) is 23.2 Å². The van der Waals surface area contributed by atoms with E-state index in [1.807, 2.05) is 13.0 Å². The lowest BCUT2D eigenvalue weighted by Crippen LogP contribution is -2.20. The number of benzene rings is 1. The summed E-state index contributed by atoms with van der Waals surface area (Å²) >= 11 is 15.4. The molecular formula is C15H13BrCl2N6O. The van der Waals surface area contributed by atoms with Crippen molar-refractivity contribution in [3.8, 4) is 0 Å². The maximum absolute atomic E-state index is 12.0. The maximum Gasteiger partial charge on any atom is 0.248 e. The predicted molar refractivity (Wildman–Crippen MR) is 98.9 cm³/mol. The smallest absolute Gasteiger partial charge is 0.248 e. The fourth-order valence-corrected chi connectivity index (χ4v) is 2.92. The van der Waals surface area contributed by atoms with E-state index >= 15 is 0 Å². The molecule has 3 rings (SSSR count). The number of aryl methyl sites for hydroxylation is 1. The quantitative estimate of drug-likeness (QED) is 0.654. The predicted octanol–water partition coefficient (Wildman–Crippen LogP) is 3.54. The third-order valence-corrected chi connectivity index (χ3v) is 4.69. The second-order valence-corrected chi connectivity index (χ2v) is 7.01. The van der Waals surface area contributed by atoms with Crippen LogP contribution in [0.1, 0.15) is 11.3 Å². The molecule has 1 N–H and O–H groups in total. The Hall–Kier alpha value is -1.90. The lowest BCUT2D eigenvalue weighted by atomic mass is 10.2. The van der Waals surface area contributed by atoms with Gasteiger partial charge in [-0.05, 0) is 40.5 Å². The van der Waals surface area contributed by atoms with Crippen molar-refractivity contribution in [2.45, 2.75) is 20.0 Å². The van der Waals surface area contributed by atoms with E-state index in [0.29, 0.717) is 16.6 Å². The fourth-order valence-electron chi connectivity index (χ4n) is 2.14. The molecule has 0 aliphatic rings.